The number of carbonyl (C=O) groups is 1. The fraction of sp³-hybridized carbons (Fsp3) is 0.519. The van der Waals surface area contributed by atoms with Crippen LogP contribution >= 0.6 is 11.6 Å². The Labute approximate surface area is 207 Å². The first-order chi connectivity index (χ1) is 16.1. The number of aromatic nitrogens is 3. The summed E-state index contributed by atoms with van der Waals surface area (Å²) in [7, 11) is 0. The number of nitrogens with zero attached hydrogens (tertiary/aromatic N) is 3. The molecule has 184 valence electrons. The van der Waals surface area contributed by atoms with E-state index in [1.54, 1.807) is 18.2 Å². The number of ether oxygens (including phenoxy) is 1. The molecule has 3 aromatic rings. The molecule has 0 bridgehead atoms. The minimum Gasteiger partial charge on any atom is -0.505 e. The fourth-order valence-electron chi connectivity index (χ4n) is 3.97. The highest BCUT2D eigenvalue weighted by Gasteiger charge is 2.23. The summed E-state index contributed by atoms with van der Waals surface area (Å²) in [6, 6.07) is 9.10. The molecule has 3 rings (SSSR count). The molecule has 1 unspecified atom stereocenters. The monoisotopic (exact) mass is 485 g/mol. The zero-order valence-electron chi connectivity index (χ0n) is 20.9. The van der Waals surface area contributed by atoms with Crippen molar-refractivity contribution in [1.82, 2.24) is 15.0 Å². The zero-order valence-corrected chi connectivity index (χ0v) is 21.7. The number of unbranched alkanes of at least 4 members (excludes halogenated alkanes) is 1. The van der Waals surface area contributed by atoms with Gasteiger partial charge in [-0.2, -0.15) is 0 Å². The van der Waals surface area contributed by atoms with Crippen LogP contribution in [-0.2, 0) is 21.4 Å². The molecule has 0 fully saturated rings. The highest BCUT2D eigenvalue weighted by atomic mass is 35.5. The van der Waals surface area contributed by atoms with Gasteiger partial charge in [-0.1, -0.05) is 71.5 Å². The lowest BCUT2D eigenvalue weighted by Crippen LogP contribution is -2.16. The largest absolute Gasteiger partial charge is 0.505 e. The van der Waals surface area contributed by atoms with Gasteiger partial charge in [-0.05, 0) is 54.0 Å². The van der Waals surface area contributed by atoms with Crippen molar-refractivity contribution in [3.05, 3.63) is 46.5 Å². The van der Waals surface area contributed by atoms with E-state index in [2.05, 4.69) is 24.0 Å². The molecule has 1 aromatic heterocycles. The number of hydrogen-bond donors (Lipinski definition) is 1. The third-order valence-electron chi connectivity index (χ3n) is 6.16. The minimum atomic E-state index is -0.307. The molecule has 0 spiro atoms. The van der Waals surface area contributed by atoms with E-state index in [-0.39, 0.29) is 23.6 Å². The Balaban J connectivity index is 1.81. The van der Waals surface area contributed by atoms with E-state index >= 15 is 0 Å². The summed E-state index contributed by atoms with van der Waals surface area (Å²) < 4.78 is 5.57. The van der Waals surface area contributed by atoms with Gasteiger partial charge in [-0.25, -0.2) is 0 Å². The Kier molecular flexibility index (Phi) is 8.58. The maximum atomic E-state index is 12.4. The fourth-order valence-corrected chi connectivity index (χ4v) is 4.14. The molecule has 34 heavy (non-hydrogen) atoms. The number of benzene rings is 2. The van der Waals surface area contributed by atoms with E-state index in [1.807, 2.05) is 32.9 Å². The second-order valence-electron chi connectivity index (χ2n) is 9.98. The number of carbonyl (C=O) groups excluding carboxylic acids is 1. The molecule has 6 nitrogen and oxygen atoms in total. The number of rotatable bonds is 10. The summed E-state index contributed by atoms with van der Waals surface area (Å²) in [5, 5.41) is 20.7. The van der Waals surface area contributed by atoms with Gasteiger partial charge in [0.05, 0.1) is 6.61 Å². The van der Waals surface area contributed by atoms with Gasteiger partial charge < -0.3 is 9.84 Å². The molecule has 1 heterocycles. The van der Waals surface area contributed by atoms with Crippen molar-refractivity contribution in [3.8, 4) is 11.4 Å². The molecule has 1 atom stereocenters. The summed E-state index contributed by atoms with van der Waals surface area (Å²) in [6.07, 6.45) is 5.20. The Morgan fingerprint density at radius 2 is 1.88 bits per heavy atom. The average molecular weight is 486 g/mol. The van der Waals surface area contributed by atoms with Crippen molar-refractivity contribution in [3.63, 3.8) is 0 Å². The third kappa shape index (κ3) is 6.50. The van der Waals surface area contributed by atoms with Crippen molar-refractivity contribution >= 4 is 28.6 Å². The summed E-state index contributed by atoms with van der Waals surface area (Å²) >= 11 is 6.10. The van der Waals surface area contributed by atoms with Crippen LogP contribution in [0.25, 0.3) is 16.7 Å². The predicted molar refractivity (Wildman–Crippen MR) is 137 cm³/mol. The van der Waals surface area contributed by atoms with Crippen molar-refractivity contribution in [2.75, 3.05) is 6.61 Å². The highest BCUT2D eigenvalue weighted by Crippen LogP contribution is 2.36. The summed E-state index contributed by atoms with van der Waals surface area (Å²) in [5.74, 6) is 0.358. The van der Waals surface area contributed by atoms with E-state index < -0.39 is 0 Å². The standard InChI is InChI=1S/C27H36ClN3O3/c1-6-8-9-18(7-2)17-34-25(32)13-10-19-14-21(27(3,4)5)26(33)24(15-19)31-29-22-12-11-20(28)16-23(22)30-31/h11-12,14-16,18,33H,6-10,13,17H2,1-5H3. The first-order valence-electron chi connectivity index (χ1n) is 12.2. The van der Waals surface area contributed by atoms with Crippen molar-refractivity contribution in [2.24, 2.45) is 5.92 Å². The Morgan fingerprint density at radius 1 is 1.15 bits per heavy atom. The first kappa shape index (κ1) is 26.0. The van der Waals surface area contributed by atoms with Crippen LogP contribution in [0.2, 0.25) is 5.02 Å². The molecule has 7 heteroatoms. The lowest BCUT2D eigenvalue weighted by Gasteiger charge is -2.23. The molecular weight excluding hydrogens is 450 g/mol. The number of esters is 1. The van der Waals surface area contributed by atoms with Gasteiger partial charge in [0, 0.05) is 17.0 Å². The van der Waals surface area contributed by atoms with E-state index in [9.17, 15) is 9.90 Å². The second-order valence-corrected chi connectivity index (χ2v) is 10.4. The molecule has 0 aliphatic rings. The number of hydrogen-bond acceptors (Lipinski definition) is 5. The minimum absolute atomic E-state index is 0.131. The van der Waals surface area contributed by atoms with E-state index in [0.717, 1.165) is 36.8 Å². The molecule has 0 amide bonds. The Bertz CT molecular complexity index is 1130. The number of phenols is 1. The van der Waals surface area contributed by atoms with Crippen LogP contribution in [0.4, 0.5) is 0 Å². The summed E-state index contributed by atoms with van der Waals surface area (Å²) in [6.45, 7) is 10.9. The van der Waals surface area contributed by atoms with Gasteiger partial charge in [-0.3, -0.25) is 4.79 Å². The molecular formula is C27H36ClN3O3. The summed E-state index contributed by atoms with van der Waals surface area (Å²) in [5.41, 5.74) is 3.20. The van der Waals surface area contributed by atoms with Crippen molar-refractivity contribution in [2.45, 2.75) is 78.6 Å². The van der Waals surface area contributed by atoms with Crippen LogP contribution in [0.5, 0.6) is 5.75 Å². The Morgan fingerprint density at radius 3 is 2.56 bits per heavy atom. The van der Waals surface area contributed by atoms with Gasteiger partial charge in [0.2, 0.25) is 0 Å². The normalized spacial score (nSPS) is 12.8. The van der Waals surface area contributed by atoms with Gasteiger partial charge in [0.25, 0.3) is 0 Å². The van der Waals surface area contributed by atoms with Crippen molar-refractivity contribution < 1.29 is 14.6 Å². The molecule has 0 aliphatic heterocycles. The van der Waals surface area contributed by atoms with Crippen molar-refractivity contribution in [1.29, 1.82) is 0 Å². The van der Waals surface area contributed by atoms with E-state index in [1.165, 1.54) is 4.80 Å². The second kappa shape index (κ2) is 11.2. The van der Waals surface area contributed by atoms with Crippen LogP contribution in [0.1, 0.15) is 77.8 Å². The SMILES string of the molecule is CCCCC(CC)COC(=O)CCc1cc(-n2nc3ccc(Cl)cc3n2)c(O)c(C(C)(C)C)c1. The number of aromatic hydroxyl groups is 1. The molecule has 0 radical (unpaired) electrons. The van der Waals surface area contributed by atoms with E-state index in [4.69, 9.17) is 16.3 Å². The van der Waals surface area contributed by atoms with Crippen LogP contribution in [0.15, 0.2) is 30.3 Å². The Hall–Kier alpha value is -2.60. The first-order valence-corrected chi connectivity index (χ1v) is 12.5. The molecule has 0 saturated carbocycles. The maximum Gasteiger partial charge on any atom is 0.306 e. The summed E-state index contributed by atoms with van der Waals surface area (Å²) in [4.78, 5) is 13.9. The molecule has 0 saturated heterocycles. The van der Waals surface area contributed by atoms with Crippen LogP contribution in [-0.4, -0.2) is 32.7 Å². The van der Waals surface area contributed by atoms with E-state index in [0.29, 0.717) is 40.7 Å². The highest BCUT2D eigenvalue weighted by molar-refractivity contribution is 6.31. The van der Waals surface area contributed by atoms with Gasteiger partial charge in [0.15, 0.2) is 0 Å². The smallest absolute Gasteiger partial charge is 0.306 e. The van der Waals surface area contributed by atoms with Crippen LogP contribution in [0.3, 0.4) is 0 Å². The number of fused-ring (bicyclic) bond motifs is 1. The lowest BCUT2D eigenvalue weighted by molar-refractivity contribution is -0.145. The quantitative estimate of drug-likeness (QED) is 0.320. The maximum absolute atomic E-state index is 12.4. The van der Waals surface area contributed by atoms with Gasteiger partial charge in [-0.15, -0.1) is 15.0 Å². The predicted octanol–water partition coefficient (Wildman–Crippen LogP) is 6.77. The van der Waals surface area contributed by atoms with Crippen LogP contribution in [0, 0.1) is 5.92 Å². The zero-order chi connectivity index (χ0) is 24.9. The van der Waals surface area contributed by atoms with Crippen LogP contribution < -0.4 is 0 Å². The molecule has 1 N–H and O–H groups in total. The van der Waals surface area contributed by atoms with Gasteiger partial charge >= 0.3 is 5.97 Å². The number of halogens is 1. The molecule has 0 aliphatic carbocycles. The topological polar surface area (TPSA) is 77.2 Å². The third-order valence-corrected chi connectivity index (χ3v) is 6.39. The average Bonchev–Trinajstić information content (AvgIpc) is 3.20. The number of phenolic OH excluding ortho intramolecular Hbond substituents is 1. The molecule has 2 aromatic carbocycles. The lowest BCUT2D eigenvalue weighted by atomic mass is 9.84. The van der Waals surface area contributed by atoms with Gasteiger partial charge in [0.1, 0.15) is 22.5 Å². The number of aryl methyl sites for hydroxylation is 1.